The first-order valence-corrected chi connectivity index (χ1v) is 6.43. The average Bonchev–Trinajstić information content (AvgIpc) is 2.43. The van der Waals surface area contributed by atoms with Crippen LogP contribution in [0.25, 0.3) is 0 Å². The van der Waals surface area contributed by atoms with Crippen molar-refractivity contribution in [2.45, 2.75) is 6.04 Å². The third-order valence-electron chi connectivity index (χ3n) is 2.63. The van der Waals surface area contributed by atoms with Crippen LogP contribution in [0.1, 0.15) is 11.6 Å². The number of rotatable bonds is 3. The van der Waals surface area contributed by atoms with Crippen molar-refractivity contribution in [3.05, 3.63) is 64.4 Å². The number of nitrogens with one attached hydrogen (secondary N) is 1. The highest BCUT2D eigenvalue weighted by Gasteiger charge is 2.15. The summed E-state index contributed by atoms with van der Waals surface area (Å²) in [4.78, 5) is 12.0. The van der Waals surface area contributed by atoms with E-state index in [4.69, 9.17) is 5.73 Å². The number of benzene rings is 2. The van der Waals surface area contributed by atoms with Gasteiger partial charge in [-0.3, -0.25) is 4.79 Å². The molecule has 1 amide bonds. The first kappa shape index (κ1) is 13.7. The van der Waals surface area contributed by atoms with Gasteiger partial charge >= 0.3 is 0 Å². The molecule has 0 unspecified atom stereocenters. The van der Waals surface area contributed by atoms with Gasteiger partial charge in [0.1, 0.15) is 11.9 Å². The maximum absolute atomic E-state index is 13.1. The Morgan fingerprint density at radius 2 is 1.89 bits per heavy atom. The van der Waals surface area contributed by atoms with E-state index < -0.39 is 6.04 Å². The normalized spacial score (nSPS) is 11.9. The molecule has 0 aliphatic heterocycles. The van der Waals surface area contributed by atoms with Crippen molar-refractivity contribution in [1.82, 2.24) is 0 Å². The molecule has 0 saturated heterocycles. The lowest BCUT2D eigenvalue weighted by molar-refractivity contribution is -0.117. The van der Waals surface area contributed by atoms with Crippen LogP contribution in [0.15, 0.2) is 53.0 Å². The summed E-state index contributed by atoms with van der Waals surface area (Å²) in [6.45, 7) is 0. The van der Waals surface area contributed by atoms with Gasteiger partial charge in [-0.1, -0.05) is 30.3 Å². The summed E-state index contributed by atoms with van der Waals surface area (Å²) in [5.41, 5.74) is 7.07. The minimum absolute atomic E-state index is 0.290. The summed E-state index contributed by atoms with van der Waals surface area (Å²) in [7, 11) is 0. The molecule has 0 aromatic heterocycles. The molecule has 2 aromatic rings. The molecule has 0 heterocycles. The maximum atomic E-state index is 13.1. The summed E-state index contributed by atoms with van der Waals surface area (Å²) < 4.78 is 13.4. The van der Waals surface area contributed by atoms with Crippen LogP contribution in [0.4, 0.5) is 10.1 Å². The molecule has 0 fully saturated rings. The van der Waals surface area contributed by atoms with Crippen LogP contribution in [0.2, 0.25) is 0 Å². The van der Waals surface area contributed by atoms with Gasteiger partial charge in [-0.2, -0.15) is 0 Å². The lowest BCUT2D eigenvalue weighted by Crippen LogP contribution is -2.27. The third kappa shape index (κ3) is 3.39. The number of nitrogens with two attached hydrogens (primary N) is 1. The summed E-state index contributed by atoms with van der Waals surface area (Å²) in [5, 5.41) is 2.65. The van der Waals surface area contributed by atoms with Gasteiger partial charge in [-0.15, -0.1) is 0 Å². The predicted octanol–water partition coefficient (Wildman–Crippen LogP) is 3.23. The number of hydrogen-bond acceptors (Lipinski definition) is 2. The Labute approximate surface area is 118 Å². The van der Waals surface area contributed by atoms with Gasteiger partial charge in [0, 0.05) is 5.69 Å². The monoisotopic (exact) mass is 322 g/mol. The third-order valence-corrected chi connectivity index (χ3v) is 3.24. The van der Waals surface area contributed by atoms with Gasteiger partial charge in [-0.25, -0.2) is 4.39 Å². The molecule has 2 rings (SSSR count). The lowest BCUT2D eigenvalue weighted by Gasteiger charge is -2.12. The maximum Gasteiger partial charge on any atom is 0.245 e. The zero-order chi connectivity index (χ0) is 13.8. The Kier molecular flexibility index (Phi) is 4.29. The summed E-state index contributed by atoms with van der Waals surface area (Å²) in [6, 6.07) is 12.5. The first-order valence-electron chi connectivity index (χ1n) is 5.64. The number of anilines is 1. The minimum Gasteiger partial charge on any atom is -0.324 e. The van der Waals surface area contributed by atoms with E-state index in [9.17, 15) is 9.18 Å². The zero-order valence-electron chi connectivity index (χ0n) is 9.94. The Morgan fingerprint density at radius 1 is 1.21 bits per heavy atom. The van der Waals surface area contributed by atoms with Crippen LogP contribution in [-0.4, -0.2) is 5.91 Å². The van der Waals surface area contributed by atoms with Gasteiger partial charge < -0.3 is 11.1 Å². The van der Waals surface area contributed by atoms with E-state index >= 15 is 0 Å². The first-order chi connectivity index (χ1) is 9.08. The molecular weight excluding hydrogens is 311 g/mol. The fraction of sp³-hybridized carbons (Fsp3) is 0.0714. The highest BCUT2D eigenvalue weighted by atomic mass is 79.9. The average molecular weight is 323 g/mol. The zero-order valence-corrected chi connectivity index (χ0v) is 11.5. The van der Waals surface area contributed by atoms with Gasteiger partial charge in [-0.05, 0) is 39.7 Å². The fourth-order valence-electron chi connectivity index (χ4n) is 1.61. The van der Waals surface area contributed by atoms with Crippen molar-refractivity contribution in [2.24, 2.45) is 5.73 Å². The quantitative estimate of drug-likeness (QED) is 0.911. The lowest BCUT2D eigenvalue weighted by atomic mass is 10.1. The number of carbonyl (C=O) groups is 1. The molecule has 3 nitrogen and oxygen atoms in total. The smallest absolute Gasteiger partial charge is 0.245 e. The van der Waals surface area contributed by atoms with E-state index in [1.54, 1.807) is 12.1 Å². The Hall–Kier alpha value is -1.72. The number of hydrogen-bond donors (Lipinski definition) is 2. The molecule has 5 heteroatoms. The molecule has 98 valence electrons. The van der Waals surface area contributed by atoms with Gasteiger partial charge in [0.15, 0.2) is 0 Å². The molecular formula is C14H12BrFN2O. The van der Waals surface area contributed by atoms with Crippen LogP contribution < -0.4 is 11.1 Å². The van der Waals surface area contributed by atoms with E-state index in [1.807, 2.05) is 18.2 Å². The molecule has 1 atom stereocenters. The Bertz CT molecular complexity index is 589. The topological polar surface area (TPSA) is 55.1 Å². The summed E-state index contributed by atoms with van der Waals surface area (Å²) >= 11 is 3.06. The van der Waals surface area contributed by atoms with E-state index in [2.05, 4.69) is 21.2 Å². The van der Waals surface area contributed by atoms with Crippen molar-refractivity contribution in [1.29, 1.82) is 0 Å². The molecule has 0 bridgehead atoms. The van der Waals surface area contributed by atoms with E-state index in [1.165, 1.54) is 18.2 Å². The van der Waals surface area contributed by atoms with Crippen LogP contribution >= 0.6 is 15.9 Å². The number of amides is 1. The Balaban J connectivity index is 2.10. The molecule has 0 spiro atoms. The predicted molar refractivity (Wildman–Crippen MR) is 76.1 cm³/mol. The van der Waals surface area contributed by atoms with Crippen LogP contribution in [0.5, 0.6) is 0 Å². The van der Waals surface area contributed by atoms with Gasteiger partial charge in [0.05, 0.1) is 4.47 Å². The highest BCUT2D eigenvalue weighted by molar-refractivity contribution is 9.10. The molecule has 3 N–H and O–H groups in total. The molecule has 0 saturated carbocycles. The van der Waals surface area contributed by atoms with Crippen molar-refractivity contribution < 1.29 is 9.18 Å². The number of carbonyl (C=O) groups excluding carboxylic acids is 1. The Morgan fingerprint density at radius 3 is 2.53 bits per heavy atom. The molecule has 0 aliphatic rings. The van der Waals surface area contributed by atoms with Gasteiger partial charge in [0.2, 0.25) is 5.91 Å². The van der Waals surface area contributed by atoms with Crippen LogP contribution in [0, 0.1) is 5.82 Å². The fourth-order valence-corrected chi connectivity index (χ4v) is 1.98. The van der Waals surface area contributed by atoms with Crippen molar-refractivity contribution in [3.8, 4) is 0 Å². The van der Waals surface area contributed by atoms with Crippen molar-refractivity contribution in [3.63, 3.8) is 0 Å². The summed E-state index contributed by atoms with van der Waals surface area (Å²) in [5.74, 6) is -0.727. The van der Waals surface area contributed by atoms with E-state index in [0.29, 0.717) is 10.2 Å². The second kappa shape index (κ2) is 5.95. The van der Waals surface area contributed by atoms with Crippen molar-refractivity contribution in [2.75, 3.05) is 5.32 Å². The SMILES string of the molecule is N[C@H](C(=O)Nc1ccc(F)c(Br)c1)c1ccccc1. The molecule has 2 aromatic carbocycles. The summed E-state index contributed by atoms with van der Waals surface area (Å²) in [6.07, 6.45) is 0. The largest absolute Gasteiger partial charge is 0.324 e. The standard InChI is InChI=1S/C14H12BrFN2O/c15-11-8-10(6-7-12(11)16)18-14(19)13(17)9-4-2-1-3-5-9/h1-8,13H,17H2,(H,18,19)/t13-/m0/s1. The molecule has 0 aliphatic carbocycles. The number of halogens is 2. The van der Waals surface area contributed by atoms with Gasteiger partial charge in [0.25, 0.3) is 0 Å². The second-order valence-electron chi connectivity index (χ2n) is 4.01. The van der Waals surface area contributed by atoms with Crippen molar-refractivity contribution >= 4 is 27.5 Å². The van der Waals surface area contributed by atoms with E-state index in [-0.39, 0.29) is 11.7 Å². The highest BCUT2D eigenvalue weighted by Crippen LogP contribution is 2.21. The van der Waals surface area contributed by atoms with Crippen LogP contribution in [0.3, 0.4) is 0 Å². The molecule has 0 radical (unpaired) electrons. The second-order valence-corrected chi connectivity index (χ2v) is 4.86. The van der Waals surface area contributed by atoms with E-state index in [0.717, 1.165) is 5.56 Å². The van der Waals surface area contributed by atoms with Crippen LogP contribution in [-0.2, 0) is 4.79 Å². The molecule has 19 heavy (non-hydrogen) atoms. The minimum atomic E-state index is -0.759.